The second kappa shape index (κ2) is 4.69. The largest absolute Gasteiger partial charge is 0.481 e. The molecule has 2 fully saturated rings. The number of urea groups is 1. The molecule has 2 N–H and O–H groups in total. The topological polar surface area (TPSA) is 69.6 Å². The highest BCUT2D eigenvalue weighted by Crippen LogP contribution is 2.51. The third kappa shape index (κ3) is 3.01. The molecule has 0 radical (unpaired) electrons. The summed E-state index contributed by atoms with van der Waals surface area (Å²) < 4.78 is 0. The zero-order valence-electron chi connectivity index (χ0n) is 12.0. The average Bonchev–Trinajstić information content (AvgIpc) is 2.94. The first-order valence-electron chi connectivity index (χ1n) is 7.01. The van der Waals surface area contributed by atoms with Crippen molar-refractivity contribution in [1.29, 1.82) is 0 Å². The van der Waals surface area contributed by atoms with Gasteiger partial charge in [0.15, 0.2) is 0 Å². The number of likely N-dealkylation sites (tertiary alicyclic amines) is 1. The predicted octanol–water partition coefficient (Wildman–Crippen LogP) is 1.93. The van der Waals surface area contributed by atoms with Crippen LogP contribution in [0.3, 0.4) is 0 Å². The standard InChI is InChI=1S/C14H24N2O3/c1-13(2)7-10(13)8-15-12(19)16-6-4-5-14(3,9-16)11(17)18/h10H,4-9H2,1-3H3,(H,15,19)(H,17,18). The Balaban J connectivity index is 1.84. The van der Waals surface area contributed by atoms with E-state index < -0.39 is 11.4 Å². The van der Waals surface area contributed by atoms with E-state index in [1.807, 2.05) is 0 Å². The highest BCUT2D eigenvalue weighted by molar-refractivity contribution is 5.78. The molecule has 0 aromatic heterocycles. The van der Waals surface area contributed by atoms with Crippen molar-refractivity contribution >= 4 is 12.0 Å². The molecule has 5 heteroatoms. The number of piperidine rings is 1. The first-order chi connectivity index (χ1) is 8.74. The monoisotopic (exact) mass is 268 g/mol. The van der Waals surface area contributed by atoms with Crippen LogP contribution in [-0.4, -0.2) is 41.6 Å². The fraction of sp³-hybridized carbons (Fsp3) is 0.857. The average molecular weight is 268 g/mol. The maximum atomic E-state index is 12.1. The molecule has 1 saturated heterocycles. The molecule has 2 rings (SSSR count). The smallest absolute Gasteiger partial charge is 0.317 e. The maximum absolute atomic E-state index is 12.1. The Kier molecular flexibility index (Phi) is 3.49. The van der Waals surface area contributed by atoms with Gasteiger partial charge in [-0.2, -0.15) is 0 Å². The predicted molar refractivity (Wildman–Crippen MR) is 71.8 cm³/mol. The lowest BCUT2D eigenvalue weighted by atomic mass is 9.82. The van der Waals surface area contributed by atoms with Gasteiger partial charge in [-0.05, 0) is 37.5 Å². The molecule has 2 aliphatic rings. The quantitative estimate of drug-likeness (QED) is 0.821. The molecule has 1 saturated carbocycles. The normalized spacial score (nSPS) is 32.8. The molecule has 1 aliphatic heterocycles. The summed E-state index contributed by atoms with van der Waals surface area (Å²) >= 11 is 0. The number of carboxylic acid groups (broad SMARTS) is 1. The number of nitrogens with zero attached hydrogens (tertiary/aromatic N) is 1. The molecular weight excluding hydrogens is 244 g/mol. The van der Waals surface area contributed by atoms with Crippen molar-refractivity contribution in [3.63, 3.8) is 0 Å². The number of hydrogen-bond acceptors (Lipinski definition) is 2. The Labute approximate surface area is 114 Å². The number of nitrogens with one attached hydrogen (secondary N) is 1. The van der Waals surface area contributed by atoms with E-state index in [1.54, 1.807) is 11.8 Å². The van der Waals surface area contributed by atoms with E-state index in [9.17, 15) is 14.7 Å². The van der Waals surface area contributed by atoms with Crippen molar-refractivity contribution in [2.75, 3.05) is 19.6 Å². The van der Waals surface area contributed by atoms with Gasteiger partial charge in [-0.25, -0.2) is 4.79 Å². The lowest BCUT2D eigenvalue weighted by Gasteiger charge is -2.37. The third-order valence-corrected chi connectivity index (χ3v) is 4.72. The van der Waals surface area contributed by atoms with Crippen molar-refractivity contribution in [3.05, 3.63) is 0 Å². The van der Waals surface area contributed by atoms with Crippen LogP contribution in [0.15, 0.2) is 0 Å². The third-order valence-electron chi connectivity index (χ3n) is 4.72. The van der Waals surface area contributed by atoms with Gasteiger partial charge in [0.05, 0.1) is 5.41 Å². The zero-order chi connectivity index (χ0) is 14.3. The first kappa shape index (κ1) is 14.2. The molecular formula is C14H24N2O3. The summed E-state index contributed by atoms with van der Waals surface area (Å²) in [5, 5.41) is 12.2. The number of carbonyl (C=O) groups is 2. The summed E-state index contributed by atoms with van der Waals surface area (Å²) in [6.07, 6.45) is 2.55. The van der Waals surface area contributed by atoms with Crippen LogP contribution in [0.2, 0.25) is 0 Å². The fourth-order valence-corrected chi connectivity index (χ4v) is 2.83. The molecule has 0 spiro atoms. The van der Waals surface area contributed by atoms with Crippen LogP contribution in [-0.2, 0) is 4.79 Å². The van der Waals surface area contributed by atoms with Crippen LogP contribution < -0.4 is 5.32 Å². The van der Waals surface area contributed by atoms with Gasteiger partial charge < -0.3 is 15.3 Å². The number of amides is 2. The van der Waals surface area contributed by atoms with Crippen LogP contribution >= 0.6 is 0 Å². The van der Waals surface area contributed by atoms with Gasteiger partial charge in [-0.3, -0.25) is 4.79 Å². The van der Waals surface area contributed by atoms with Crippen molar-refractivity contribution in [2.45, 2.75) is 40.0 Å². The minimum absolute atomic E-state index is 0.116. The SMILES string of the molecule is CC1(C(=O)O)CCCN(C(=O)NCC2CC2(C)C)C1. The molecule has 1 aliphatic carbocycles. The second-order valence-electron chi connectivity index (χ2n) is 6.97. The summed E-state index contributed by atoms with van der Waals surface area (Å²) in [7, 11) is 0. The van der Waals surface area contributed by atoms with Crippen molar-refractivity contribution in [3.8, 4) is 0 Å². The summed E-state index contributed by atoms with van der Waals surface area (Å²) in [6.45, 7) is 7.79. The number of carboxylic acids is 1. The van der Waals surface area contributed by atoms with E-state index in [-0.39, 0.29) is 6.03 Å². The van der Waals surface area contributed by atoms with E-state index in [0.717, 1.165) is 12.8 Å². The van der Waals surface area contributed by atoms with Gasteiger partial charge in [-0.15, -0.1) is 0 Å². The Bertz CT molecular complexity index is 394. The van der Waals surface area contributed by atoms with Gasteiger partial charge in [0.1, 0.15) is 0 Å². The van der Waals surface area contributed by atoms with Crippen molar-refractivity contribution in [1.82, 2.24) is 10.2 Å². The fourth-order valence-electron chi connectivity index (χ4n) is 2.83. The Hall–Kier alpha value is -1.26. The van der Waals surface area contributed by atoms with Crippen LogP contribution in [0, 0.1) is 16.7 Å². The summed E-state index contributed by atoms with van der Waals surface area (Å²) in [5.41, 5.74) is -0.445. The number of carbonyl (C=O) groups excluding carboxylic acids is 1. The lowest BCUT2D eigenvalue weighted by molar-refractivity contribution is -0.150. The van der Waals surface area contributed by atoms with Gasteiger partial charge in [0, 0.05) is 19.6 Å². The Morgan fingerprint density at radius 1 is 1.37 bits per heavy atom. The van der Waals surface area contributed by atoms with E-state index in [0.29, 0.717) is 37.4 Å². The van der Waals surface area contributed by atoms with Gasteiger partial charge in [0.2, 0.25) is 0 Å². The van der Waals surface area contributed by atoms with E-state index in [1.165, 1.54) is 0 Å². The van der Waals surface area contributed by atoms with E-state index in [4.69, 9.17) is 0 Å². The van der Waals surface area contributed by atoms with Crippen molar-refractivity contribution in [2.24, 2.45) is 16.7 Å². The molecule has 108 valence electrons. The first-order valence-corrected chi connectivity index (χ1v) is 7.01. The number of hydrogen-bond donors (Lipinski definition) is 2. The van der Waals surface area contributed by atoms with Crippen molar-refractivity contribution < 1.29 is 14.7 Å². The molecule has 19 heavy (non-hydrogen) atoms. The van der Waals surface area contributed by atoms with Gasteiger partial charge in [0.25, 0.3) is 0 Å². The highest BCUT2D eigenvalue weighted by atomic mass is 16.4. The van der Waals surface area contributed by atoms with Gasteiger partial charge >= 0.3 is 12.0 Å². The molecule has 1 heterocycles. The lowest BCUT2D eigenvalue weighted by Crippen LogP contribution is -2.51. The second-order valence-corrected chi connectivity index (χ2v) is 6.97. The molecule has 0 bridgehead atoms. The van der Waals surface area contributed by atoms with Crippen LogP contribution in [0.1, 0.15) is 40.0 Å². The Morgan fingerprint density at radius 2 is 2.00 bits per heavy atom. The molecule has 2 unspecified atom stereocenters. The highest BCUT2D eigenvalue weighted by Gasteiger charge is 2.45. The molecule has 0 aromatic carbocycles. The summed E-state index contributed by atoms with van der Waals surface area (Å²) in [5.74, 6) is -0.250. The molecule has 5 nitrogen and oxygen atoms in total. The minimum atomic E-state index is -0.812. The summed E-state index contributed by atoms with van der Waals surface area (Å²) in [6, 6.07) is -0.116. The molecule has 0 aromatic rings. The summed E-state index contributed by atoms with van der Waals surface area (Å²) in [4.78, 5) is 25.0. The van der Waals surface area contributed by atoms with Gasteiger partial charge in [-0.1, -0.05) is 13.8 Å². The van der Waals surface area contributed by atoms with E-state index >= 15 is 0 Å². The Morgan fingerprint density at radius 3 is 2.53 bits per heavy atom. The minimum Gasteiger partial charge on any atom is -0.481 e. The van der Waals surface area contributed by atoms with E-state index in [2.05, 4.69) is 19.2 Å². The van der Waals surface area contributed by atoms with Crippen LogP contribution in [0.25, 0.3) is 0 Å². The number of rotatable bonds is 3. The molecule has 2 amide bonds. The van der Waals surface area contributed by atoms with Crippen LogP contribution in [0.4, 0.5) is 4.79 Å². The maximum Gasteiger partial charge on any atom is 0.317 e. The zero-order valence-corrected chi connectivity index (χ0v) is 12.0. The molecule has 2 atom stereocenters. The number of aliphatic carboxylic acids is 1. The van der Waals surface area contributed by atoms with Crippen LogP contribution in [0.5, 0.6) is 0 Å².